The Labute approximate surface area is 134 Å². The molecule has 6 heteroatoms. The van der Waals surface area contributed by atoms with Gasteiger partial charge in [0.25, 0.3) is 10.0 Å². The van der Waals surface area contributed by atoms with Crippen LogP contribution in [0.2, 0.25) is 4.34 Å². The Hall–Kier alpha value is -0.880. The summed E-state index contributed by atoms with van der Waals surface area (Å²) < 4.78 is 28.0. The molecule has 3 nitrogen and oxygen atoms in total. The minimum Gasteiger partial charge on any atom is -0.206 e. The Bertz CT molecular complexity index is 755. The molecule has 1 aromatic carbocycles. The molecule has 1 aromatic heterocycles. The third kappa shape index (κ3) is 2.88. The topological polar surface area (TPSA) is 37.4 Å². The third-order valence-corrected chi connectivity index (χ3v) is 7.35. The zero-order valence-corrected chi connectivity index (χ0v) is 14.0. The predicted octanol–water partition coefficient (Wildman–Crippen LogP) is 4.24. The van der Waals surface area contributed by atoms with Crippen LogP contribution < -0.4 is 0 Å². The summed E-state index contributed by atoms with van der Waals surface area (Å²) in [4.78, 5) is 0. The van der Waals surface area contributed by atoms with Crippen LogP contribution in [0.3, 0.4) is 0 Å². The van der Waals surface area contributed by atoms with Crippen molar-refractivity contribution in [3.8, 4) is 0 Å². The van der Waals surface area contributed by atoms with E-state index in [-0.39, 0.29) is 6.04 Å². The average molecular weight is 342 g/mol. The third-order valence-electron chi connectivity index (χ3n) is 3.74. The molecule has 1 aliphatic rings. The van der Waals surface area contributed by atoms with E-state index in [2.05, 4.69) is 6.07 Å². The van der Waals surface area contributed by atoms with Crippen molar-refractivity contribution < 1.29 is 8.42 Å². The minimum atomic E-state index is -3.46. The van der Waals surface area contributed by atoms with Crippen LogP contribution in [0.1, 0.15) is 30.0 Å². The summed E-state index contributed by atoms with van der Waals surface area (Å²) in [5, 5.41) is 0. The van der Waals surface area contributed by atoms with Crippen LogP contribution in [0.15, 0.2) is 40.6 Å². The highest BCUT2D eigenvalue weighted by atomic mass is 35.5. The lowest BCUT2D eigenvalue weighted by Gasteiger charge is -2.24. The summed E-state index contributed by atoms with van der Waals surface area (Å²) >= 11 is 7.00. The molecular formula is C15H16ClNO2S2. The van der Waals surface area contributed by atoms with Crippen molar-refractivity contribution in [2.24, 2.45) is 0 Å². The van der Waals surface area contributed by atoms with E-state index in [0.717, 1.165) is 35.3 Å². The molecule has 1 atom stereocenters. The Morgan fingerprint density at radius 1 is 1.29 bits per heavy atom. The molecular weight excluding hydrogens is 326 g/mol. The van der Waals surface area contributed by atoms with Crippen molar-refractivity contribution in [3.63, 3.8) is 0 Å². The van der Waals surface area contributed by atoms with Gasteiger partial charge in [0.05, 0.1) is 10.4 Å². The van der Waals surface area contributed by atoms with Gasteiger partial charge in [-0.15, -0.1) is 11.3 Å². The number of benzene rings is 1. The molecule has 0 bridgehead atoms. The standard InChI is InChI=1S/C15H16ClNO2S2/c1-11-4-2-5-12(10-11)13-6-3-9-17(13)21(18,19)15-8-7-14(16)20-15/h2,4-5,7-8,10,13H,3,6,9H2,1H3/t13-/m1/s1. The molecule has 1 fully saturated rings. The van der Waals surface area contributed by atoms with Crippen molar-refractivity contribution in [2.75, 3.05) is 6.54 Å². The van der Waals surface area contributed by atoms with Crippen LogP contribution in [-0.4, -0.2) is 19.3 Å². The zero-order valence-electron chi connectivity index (χ0n) is 11.6. The summed E-state index contributed by atoms with van der Waals surface area (Å²) in [5.41, 5.74) is 2.22. The van der Waals surface area contributed by atoms with Crippen molar-refractivity contribution in [3.05, 3.63) is 51.9 Å². The molecule has 0 aliphatic carbocycles. The van der Waals surface area contributed by atoms with Crippen molar-refractivity contribution in [1.29, 1.82) is 0 Å². The number of nitrogens with zero attached hydrogens (tertiary/aromatic N) is 1. The molecule has 0 radical (unpaired) electrons. The first-order valence-corrected chi connectivity index (χ1v) is 9.46. The molecule has 3 rings (SSSR count). The van der Waals surface area contributed by atoms with Gasteiger partial charge < -0.3 is 0 Å². The predicted molar refractivity (Wildman–Crippen MR) is 86.4 cm³/mol. The van der Waals surface area contributed by atoms with Crippen LogP contribution in [-0.2, 0) is 10.0 Å². The first-order valence-electron chi connectivity index (χ1n) is 6.82. The number of rotatable bonds is 3. The van der Waals surface area contributed by atoms with E-state index in [1.165, 1.54) is 0 Å². The van der Waals surface area contributed by atoms with E-state index in [0.29, 0.717) is 15.1 Å². The Balaban J connectivity index is 1.97. The van der Waals surface area contributed by atoms with Gasteiger partial charge in [0.15, 0.2) is 0 Å². The largest absolute Gasteiger partial charge is 0.253 e. The molecule has 21 heavy (non-hydrogen) atoms. The number of hydrogen-bond acceptors (Lipinski definition) is 3. The van der Waals surface area contributed by atoms with Crippen molar-refractivity contribution >= 4 is 33.0 Å². The van der Waals surface area contributed by atoms with E-state index in [4.69, 9.17) is 11.6 Å². The molecule has 0 N–H and O–H groups in total. The maximum Gasteiger partial charge on any atom is 0.253 e. The van der Waals surface area contributed by atoms with E-state index >= 15 is 0 Å². The van der Waals surface area contributed by atoms with E-state index in [1.54, 1.807) is 16.4 Å². The number of thiophene rings is 1. The summed E-state index contributed by atoms with van der Waals surface area (Å²) in [6.45, 7) is 2.59. The van der Waals surface area contributed by atoms with Gasteiger partial charge in [0, 0.05) is 6.54 Å². The molecule has 0 unspecified atom stereocenters. The Kier molecular flexibility index (Phi) is 4.10. The van der Waals surface area contributed by atoms with Crippen molar-refractivity contribution in [2.45, 2.75) is 30.0 Å². The van der Waals surface area contributed by atoms with Gasteiger partial charge in [-0.2, -0.15) is 4.31 Å². The zero-order chi connectivity index (χ0) is 15.0. The van der Waals surface area contributed by atoms with Gasteiger partial charge in [0.1, 0.15) is 4.21 Å². The van der Waals surface area contributed by atoms with E-state index in [1.807, 2.05) is 25.1 Å². The normalized spacial score (nSPS) is 20.0. The number of halogens is 1. The maximum absolute atomic E-state index is 12.8. The highest BCUT2D eigenvalue weighted by Crippen LogP contribution is 2.38. The SMILES string of the molecule is Cc1cccc([C@H]2CCCN2S(=O)(=O)c2ccc(Cl)s2)c1. The highest BCUT2D eigenvalue weighted by Gasteiger charge is 2.36. The van der Waals surface area contributed by atoms with E-state index < -0.39 is 10.0 Å². The molecule has 1 saturated heterocycles. The second-order valence-corrected chi connectivity index (χ2v) is 9.08. The van der Waals surface area contributed by atoms with Crippen LogP contribution in [0.5, 0.6) is 0 Å². The van der Waals surface area contributed by atoms with Gasteiger partial charge in [-0.1, -0.05) is 41.4 Å². The summed E-state index contributed by atoms with van der Waals surface area (Å²) in [7, 11) is -3.46. The quantitative estimate of drug-likeness (QED) is 0.837. The van der Waals surface area contributed by atoms with Gasteiger partial charge in [-0.05, 0) is 37.5 Å². The first kappa shape index (κ1) is 15.0. The molecule has 0 spiro atoms. The van der Waals surface area contributed by atoms with Crippen LogP contribution >= 0.6 is 22.9 Å². The summed E-state index contributed by atoms with van der Waals surface area (Å²) in [5.74, 6) is 0. The van der Waals surface area contributed by atoms with Crippen LogP contribution in [0.4, 0.5) is 0 Å². The van der Waals surface area contributed by atoms with Crippen LogP contribution in [0, 0.1) is 6.92 Å². The molecule has 2 heterocycles. The second kappa shape index (κ2) is 5.72. The molecule has 1 aliphatic heterocycles. The van der Waals surface area contributed by atoms with Gasteiger partial charge in [0.2, 0.25) is 0 Å². The summed E-state index contributed by atoms with van der Waals surface area (Å²) in [6, 6.07) is 11.2. The van der Waals surface area contributed by atoms with Gasteiger partial charge in [-0.25, -0.2) is 8.42 Å². The fraction of sp³-hybridized carbons (Fsp3) is 0.333. The average Bonchev–Trinajstić information content (AvgIpc) is 3.07. The van der Waals surface area contributed by atoms with Gasteiger partial charge in [-0.3, -0.25) is 0 Å². The molecule has 2 aromatic rings. The Morgan fingerprint density at radius 3 is 2.76 bits per heavy atom. The smallest absolute Gasteiger partial charge is 0.206 e. The highest BCUT2D eigenvalue weighted by molar-refractivity contribution is 7.91. The lowest BCUT2D eigenvalue weighted by Crippen LogP contribution is -2.30. The minimum absolute atomic E-state index is 0.0734. The fourth-order valence-corrected chi connectivity index (χ4v) is 6.08. The lowest BCUT2D eigenvalue weighted by atomic mass is 10.0. The Morgan fingerprint density at radius 2 is 2.10 bits per heavy atom. The monoisotopic (exact) mass is 341 g/mol. The molecule has 112 valence electrons. The molecule has 0 amide bonds. The van der Waals surface area contributed by atoms with Crippen LogP contribution in [0.25, 0.3) is 0 Å². The maximum atomic E-state index is 12.8. The van der Waals surface area contributed by atoms with Crippen molar-refractivity contribution in [1.82, 2.24) is 4.31 Å². The number of aryl methyl sites for hydroxylation is 1. The summed E-state index contributed by atoms with van der Waals surface area (Å²) in [6.07, 6.45) is 1.75. The lowest BCUT2D eigenvalue weighted by molar-refractivity contribution is 0.398. The number of sulfonamides is 1. The number of hydrogen-bond donors (Lipinski definition) is 0. The first-order chi connectivity index (χ1) is 9.98. The van der Waals surface area contributed by atoms with Gasteiger partial charge >= 0.3 is 0 Å². The fourth-order valence-electron chi connectivity index (χ4n) is 2.79. The van der Waals surface area contributed by atoms with E-state index in [9.17, 15) is 8.42 Å². The molecule has 0 saturated carbocycles. The second-order valence-electron chi connectivity index (χ2n) is 5.25.